The van der Waals surface area contributed by atoms with Crippen molar-refractivity contribution in [1.82, 2.24) is 14.9 Å². The van der Waals surface area contributed by atoms with E-state index in [1.807, 2.05) is 12.4 Å². The van der Waals surface area contributed by atoms with Crippen molar-refractivity contribution in [3.63, 3.8) is 0 Å². The normalized spacial score (nSPS) is 20.2. The van der Waals surface area contributed by atoms with E-state index in [-0.39, 0.29) is 5.92 Å². The highest BCUT2D eigenvalue weighted by Crippen LogP contribution is 2.32. The Bertz CT molecular complexity index is 1010. The van der Waals surface area contributed by atoms with Crippen LogP contribution >= 0.6 is 0 Å². The quantitative estimate of drug-likeness (QED) is 0.584. The molecule has 37 heavy (non-hydrogen) atoms. The Morgan fingerprint density at radius 2 is 1.68 bits per heavy atom. The summed E-state index contributed by atoms with van der Waals surface area (Å²) in [6.45, 7) is 6.74. The van der Waals surface area contributed by atoms with Crippen molar-refractivity contribution in [2.45, 2.75) is 58.3 Å². The number of allylic oxidation sites excluding steroid dienone is 2. The number of amides is 1. The lowest BCUT2D eigenvalue weighted by atomic mass is 9.86. The lowest BCUT2D eigenvalue weighted by Crippen LogP contribution is -2.36. The highest BCUT2D eigenvalue weighted by Gasteiger charge is 2.28. The molecule has 1 unspecified atom stereocenters. The monoisotopic (exact) mass is 506 g/mol. The van der Waals surface area contributed by atoms with Crippen LogP contribution in [0, 0.1) is 11.8 Å². The third-order valence-corrected chi connectivity index (χ3v) is 7.89. The fourth-order valence-corrected chi connectivity index (χ4v) is 5.49. The standard InChI is InChI=1S/C29H38N4O2.CH4O/c1-2-22-19-30-29(31-20-22)33-17-13-23(14-18-33)21-35-27-11-9-25(10-12-27)24-5-7-26(8-6-24)28(34)32-15-3-4-16-32;1-2/h5,9-12,19-20,23,26H,2-4,6-8,13-18,21H2,1H3;2H,1H3. The average molecular weight is 507 g/mol. The maximum atomic E-state index is 12.7. The van der Waals surface area contributed by atoms with E-state index in [4.69, 9.17) is 9.84 Å². The summed E-state index contributed by atoms with van der Waals surface area (Å²) in [4.78, 5) is 26.1. The number of aryl methyl sites for hydroxylation is 1. The van der Waals surface area contributed by atoms with Crippen LogP contribution < -0.4 is 9.64 Å². The number of aliphatic hydroxyl groups is 1. The zero-order valence-corrected chi connectivity index (χ0v) is 22.4. The predicted octanol–water partition coefficient (Wildman–Crippen LogP) is 4.75. The minimum Gasteiger partial charge on any atom is -0.493 e. The Kier molecular flexibility index (Phi) is 9.94. The van der Waals surface area contributed by atoms with E-state index in [2.05, 4.69) is 57.0 Å². The number of rotatable bonds is 7. The van der Waals surface area contributed by atoms with Crippen LogP contribution in [0.25, 0.3) is 5.57 Å². The van der Waals surface area contributed by atoms with Crippen LogP contribution in [0.2, 0.25) is 0 Å². The molecule has 1 aromatic carbocycles. The van der Waals surface area contributed by atoms with Crippen molar-refractivity contribution in [3.05, 3.63) is 53.9 Å². The molecule has 7 heteroatoms. The van der Waals surface area contributed by atoms with Crippen LogP contribution in [0.3, 0.4) is 0 Å². The second kappa shape index (κ2) is 13.6. The van der Waals surface area contributed by atoms with Gasteiger partial charge in [-0.3, -0.25) is 4.79 Å². The van der Waals surface area contributed by atoms with Crippen LogP contribution in [0.5, 0.6) is 5.75 Å². The third kappa shape index (κ3) is 7.10. The second-order valence-electron chi connectivity index (χ2n) is 10.2. The molecule has 2 aromatic rings. The number of carbonyl (C=O) groups is 1. The minimum atomic E-state index is 0.174. The van der Waals surface area contributed by atoms with Gasteiger partial charge in [-0.05, 0) is 86.1 Å². The molecule has 1 atom stereocenters. The second-order valence-corrected chi connectivity index (χ2v) is 10.2. The van der Waals surface area contributed by atoms with Crippen molar-refractivity contribution in [2.75, 3.05) is 44.8 Å². The molecule has 3 heterocycles. The fourth-order valence-electron chi connectivity index (χ4n) is 5.49. The van der Waals surface area contributed by atoms with Crippen molar-refractivity contribution in [1.29, 1.82) is 0 Å². The van der Waals surface area contributed by atoms with Crippen molar-refractivity contribution < 1.29 is 14.6 Å². The topological polar surface area (TPSA) is 78.8 Å². The van der Waals surface area contributed by atoms with Gasteiger partial charge in [0.25, 0.3) is 0 Å². The molecule has 1 aromatic heterocycles. The van der Waals surface area contributed by atoms with Gasteiger partial charge in [-0.25, -0.2) is 9.97 Å². The van der Waals surface area contributed by atoms with E-state index in [0.717, 1.165) is 103 Å². The summed E-state index contributed by atoms with van der Waals surface area (Å²) in [7, 11) is 1.00. The van der Waals surface area contributed by atoms with Crippen molar-refractivity contribution in [3.8, 4) is 5.75 Å². The number of anilines is 1. The summed E-state index contributed by atoms with van der Waals surface area (Å²) in [5.74, 6) is 2.89. The van der Waals surface area contributed by atoms with E-state index in [1.165, 1.54) is 16.7 Å². The molecule has 2 aliphatic heterocycles. The molecular weight excluding hydrogens is 464 g/mol. The first-order valence-corrected chi connectivity index (χ1v) is 13.9. The molecule has 1 N–H and O–H groups in total. The molecule has 0 spiro atoms. The number of hydrogen-bond donors (Lipinski definition) is 1. The zero-order valence-electron chi connectivity index (χ0n) is 22.4. The van der Waals surface area contributed by atoms with Crippen molar-refractivity contribution >= 4 is 17.4 Å². The summed E-state index contributed by atoms with van der Waals surface area (Å²) < 4.78 is 6.15. The molecule has 2 saturated heterocycles. The Morgan fingerprint density at radius 1 is 1.00 bits per heavy atom. The highest BCUT2D eigenvalue weighted by molar-refractivity contribution is 5.81. The molecule has 5 rings (SSSR count). The van der Waals surface area contributed by atoms with Gasteiger partial charge >= 0.3 is 0 Å². The Morgan fingerprint density at radius 3 is 2.27 bits per heavy atom. The van der Waals surface area contributed by atoms with Gasteiger partial charge in [-0.15, -0.1) is 0 Å². The number of nitrogens with zero attached hydrogens (tertiary/aromatic N) is 4. The molecular formula is C30H42N4O3. The number of likely N-dealkylation sites (tertiary alicyclic amines) is 1. The number of hydrogen-bond acceptors (Lipinski definition) is 6. The van der Waals surface area contributed by atoms with Crippen LogP contribution in [-0.2, 0) is 11.2 Å². The summed E-state index contributed by atoms with van der Waals surface area (Å²) in [5.41, 5.74) is 3.80. The van der Waals surface area contributed by atoms with Crippen LogP contribution in [0.4, 0.5) is 5.95 Å². The lowest BCUT2D eigenvalue weighted by Gasteiger charge is -2.31. The first kappa shape index (κ1) is 27.1. The maximum Gasteiger partial charge on any atom is 0.226 e. The van der Waals surface area contributed by atoms with E-state index in [1.54, 1.807) is 0 Å². The van der Waals surface area contributed by atoms with Gasteiger partial charge in [-0.1, -0.05) is 25.1 Å². The first-order chi connectivity index (χ1) is 18.2. The Balaban J connectivity index is 0.00000156. The van der Waals surface area contributed by atoms with E-state index in [9.17, 15) is 4.79 Å². The fraction of sp³-hybridized carbons (Fsp3) is 0.567. The van der Waals surface area contributed by atoms with Crippen LogP contribution in [0.1, 0.15) is 63.0 Å². The van der Waals surface area contributed by atoms with Gasteiger partial charge in [0.15, 0.2) is 0 Å². The van der Waals surface area contributed by atoms with Gasteiger partial charge in [0, 0.05) is 51.6 Å². The smallest absolute Gasteiger partial charge is 0.226 e. The summed E-state index contributed by atoms with van der Waals surface area (Å²) >= 11 is 0. The number of aliphatic hydroxyl groups excluding tert-OH is 1. The molecule has 2 fully saturated rings. The molecule has 200 valence electrons. The molecule has 7 nitrogen and oxygen atoms in total. The van der Waals surface area contributed by atoms with E-state index >= 15 is 0 Å². The number of benzene rings is 1. The molecule has 3 aliphatic rings. The predicted molar refractivity (Wildman–Crippen MR) is 148 cm³/mol. The largest absolute Gasteiger partial charge is 0.493 e. The molecule has 0 radical (unpaired) electrons. The number of ether oxygens (including phenoxy) is 1. The summed E-state index contributed by atoms with van der Waals surface area (Å²) in [5, 5.41) is 7.00. The van der Waals surface area contributed by atoms with Crippen molar-refractivity contribution in [2.24, 2.45) is 11.8 Å². The zero-order chi connectivity index (χ0) is 26.0. The Hall–Kier alpha value is -2.93. The highest BCUT2D eigenvalue weighted by atomic mass is 16.5. The van der Waals surface area contributed by atoms with Gasteiger partial charge in [0.05, 0.1) is 6.61 Å². The molecule has 1 aliphatic carbocycles. The van der Waals surface area contributed by atoms with E-state index in [0.29, 0.717) is 11.8 Å². The molecule has 1 amide bonds. The Labute approximate surface area is 221 Å². The SMILES string of the molecule is CCc1cnc(N2CCC(COc3ccc(C4=CCC(C(=O)N5CCCC5)CC4)cc3)CC2)nc1.CO. The molecule has 0 saturated carbocycles. The average Bonchev–Trinajstić information content (AvgIpc) is 3.53. The summed E-state index contributed by atoms with van der Waals surface area (Å²) in [6.07, 6.45) is 14.5. The maximum absolute atomic E-state index is 12.7. The first-order valence-electron chi connectivity index (χ1n) is 13.9. The number of carbonyl (C=O) groups excluding carboxylic acids is 1. The van der Waals surface area contributed by atoms with E-state index < -0.39 is 0 Å². The summed E-state index contributed by atoms with van der Waals surface area (Å²) in [6, 6.07) is 8.53. The minimum absolute atomic E-state index is 0.174. The number of aromatic nitrogens is 2. The van der Waals surface area contributed by atoms with Gasteiger partial charge in [0.2, 0.25) is 11.9 Å². The van der Waals surface area contributed by atoms with Gasteiger partial charge in [0.1, 0.15) is 5.75 Å². The van der Waals surface area contributed by atoms with Crippen LogP contribution in [0.15, 0.2) is 42.7 Å². The lowest BCUT2D eigenvalue weighted by molar-refractivity contribution is -0.134. The molecule has 0 bridgehead atoms. The van der Waals surface area contributed by atoms with Gasteiger partial charge < -0.3 is 19.6 Å². The van der Waals surface area contributed by atoms with Gasteiger partial charge in [-0.2, -0.15) is 0 Å². The third-order valence-electron chi connectivity index (χ3n) is 7.89. The van der Waals surface area contributed by atoms with Crippen LogP contribution in [-0.4, -0.2) is 65.8 Å². The number of piperidine rings is 1.